The fourth-order valence-corrected chi connectivity index (χ4v) is 3.07. The minimum absolute atomic E-state index is 0.0438. The van der Waals surface area contributed by atoms with Crippen LogP contribution in [0.15, 0.2) is 42.7 Å². The van der Waals surface area contributed by atoms with Crippen LogP contribution in [0.25, 0.3) is 0 Å². The Bertz CT molecular complexity index is 851. The average molecular weight is 397 g/mol. The van der Waals surface area contributed by atoms with Gasteiger partial charge < -0.3 is 20.3 Å². The Morgan fingerprint density at radius 3 is 2.66 bits per heavy atom. The van der Waals surface area contributed by atoms with Crippen molar-refractivity contribution in [2.75, 3.05) is 23.7 Å². The summed E-state index contributed by atoms with van der Waals surface area (Å²) in [6, 6.07) is 8.74. The molecule has 2 N–H and O–H groups in total. The fraction of sp³-hybridized carbons (Fsp3) is 0.429. The van der Waals surface area contributed by atoms with E-state index >= 15 is 0 Å². The highest BCUT2D eigenvalue weighted by molar-refractivity contribution is 6.03. The Hall–Kier alpha value is -3.16. The van der Waals surface area contributed by atoms with Gasteiger partial charge >= 0.3 is 6.09 Å². The lowest BCUT2D eigenvalue weighted by molar-refractivity contribution is 0.0206. The molecule has 1 aliphatic rings. The van der Waals surface area contributed by atoms with Gasteiger partial charge in [-0.3, -0.25) is 9.78 Å². The van der Waals surface area contributed by atoms with Crippen LogP contribution in [-0.4, -0.2) is 51.6 Å². The number of hydrogen-bond donors (Lipinski definition) is 2. The highest BCUT2D eigenvalue weighted by Gasteiger charge is 2.27. The van der Waals surface area contributed by atoms with Crippen LogP contribution in [0, 0.1) is 0 Å². The molecule has 2 aromatic rings. The van der Waals surface area contributed by atoms with Crippen molar-refractivity contribution >= 4 is 23.5 Å². The number of carbonyl (C=O) groups excluding carboxylic acids is 2. The summed E-state index contributed by atoms with van der Waals surface area (Å²) in [5, 5.41) is 6.13. The molecule has 0 spiro atoms. The molecule has 0 aliphatic carbocycles. The number of pyridine rings is 2. The van der Waals surface area contributed by atoms with Gasteiger partial charge in [-0.1, -0.05) is 6.07 Å². The topological polar surface area (TPSA) is 96.5 Å². The van der Waals surface area contributed by atoms with E-state index in [2.05, 4.69) is 20.6 Å². The van der Waals surface area contributed by atoms with E-state index in [0.717, 1.165) is 12.8 Å². The van der Waals surface area contributed by atoms with Gasteiger partial charge in [0.05, 0.1) is 0 Å². The van der Waals surface area contributed by atoms with Crippen molar-refractivity contribution in [2.45, 2.75) is 45.3 Å². The molecular formula is C21H27N5O3. The normalized spacial score (nSPS) is 16.8. The van der Waals surface area contributed by atoms with E-state index in [4.69, 9.17) is 4.74 Å². The molecular weight excluding hydrogens is 370 g/mol. The molecule has 1 aliphatic heterocycles. The van der Waals surface area contributed by atoms with Gasteiger partial charge in [0.1, 0.15) is 17.1 Å². The number of ether oxygens (including phenoxy) is 1. The molecule has 0 radical (unpaired) electrons. The number of amides is 2. The number of rotatable bonds is 4. The zero-order valence-electron chi connectivity index (χ0n) is 17.0. The molecule has 1 fully saturated rings. The second kappa shape index (κ2) is 8.89. The van der Waals surface area contributed by atoms with Crippen LogP contribution in [0.4, 0.5) is 16.3 Å². The van der Waals surface area contributed by atoms with Crippen molar-refractivity contribution in [3.05, 3.63) is 48.4 Å². The molecule has 3 heterocycles. The van der Waals surface area contributed by atoms with E-state index in [-0.39, 0.29) is 18.0 Å². The smallest absolute Gasteiger partial charge is 0.410 e. The first kappa shape index (κ1) is 20.6. The van der Waals surface area contributed by atoms with E-state index in [1.165, 1.54) is 0 Å². The molecule has 1 unspecified atom stereocenters. The minimum Gasteiger partial charge on any atom is -0.444 e. The van der Waals surface area contributed by atoms with Gasteiger partial charge in [0, 0.05) is 37.2 Å². The highest BCUT2D eigenvalue weighted by atomic mass is 16.6. The first-order valence-electron chi connectivity index (χ1n) is 9.73. The van der Waals surface area contributed by atoms with Crippen molar-refractivity contribution < 1.29 is 14.3 Å². The first-order valence-corrected chi connectivity index (χ1v) is 9.73. The first-order chi connectivity index (χ1) is 13.8. The number of aromatic nitrogens is 2. The van der Waals surface area contributed by atoms with E-state index < -0.39 is 5.60 Å². The van der Waals surface area contributed by atoms with Crippen LogP contribution >= 0.6 is 0 Å². The van der Waals surface area contributed by atoms with Crippen molar-refractivity contribution in [1.29, 1.82) is 0 Å². The molecule has 3 rings (SSSR count). The lowest BCUT2D eigenvalue weighted by atomic mass is 10.1. The van der Waals surface area contributed by atoms with Gasteiger partial charge in [0.2, 0.25) is 0 Å². The maximum Gasteiger partial charge on any atom is 0.410 e. The number of likely N-dealkylation sites (tertiary alicyclic amines) is 1. The van der Waals surface area contributed by atoms with E-state index in [1.807, 2.05) is 26.8 Å². The van der Waals surface area contributed by atoms with Gasteiger partial charge in [-0.25, -0.2) is 9.78 Å². The van der Waals surface area contributed by atoms with Crippen LogP contribution < -0.4 is 10.6 Å². The fourth-order valence-electron chi connectivity index (χ4n) is 3.07. The molecule has 154 valence electrons. The quantitative estimate of drug-likeness (QED) is 0.819. The molecule has 29 heavy (non-hydrogen) atoms. The second-order valence-electron chi connectivity index (χ2n) is 8.01. The summed E-state index contributed by atoms with van der Waals surface area (Å²) in [7, 11) is 0. The Labute approximate surface area is 170 Å². The summed E-state index contributed by atoms with van der Waals surface area (Å²) in [5.41, 5.74) is 0.451. The minimum atomic E-state index is -0.518. The lowest BCUT2D eigenvalue weighted by Gasteiger charge is -2.34. The second-order valence-corrected chi connectivity index (χ2v) is 8.01. The molecule has 1 saturated heterocycles. The molecule has 1 atom stereocenters. The van der Waals surface area contributed by atoms with Crippen LogP contribution in [0.5, 0.6) is 0 Å². The number of carbonyl (C=O) groups is 2. The third-order valence-corrected chi connectivity index (χ3v) is 4.35. The Kier molecular flexibility index (Phi) is 6.31. The predicted octanol–water partition coefficient (Wildman–Crippen LogP) is 3.54. The van der Waals surface area contributed by atoms with E-state index in [9.17, 15) is 9.59 Å². The molecule has 0 bridgehead atoms. The summed E-state index contributed by atoms with van der Waals surface area (Å²) in [6.45, 7) is 6.78. The standard InChI is InChI=1S/C21H27N5O3/c1-21(2,3)29-20(28)26-13-5-6-16(14-26)23-18-8-4-7-17(25-18)19(27)24-15-9-11-22-12-10-15/h4,7-12,16H,5-6,13-14H2,1-3H3,(H,23,25)(H,22,24,27). The number of hydrogen-bond acceptors (Lipinski definition) is 6. The molecule has 8 heteroatoms. The zero-order chi connectivity index (χ0) is 20.9. The van der Waals surface area contributed by atoms with E-state index in [0.29, 0.717) is 30.3 Å². The van der Waals surface area contributed by atoms with Crippen LogP contribution in [0.1, 0.15) is 44.1 Å². The van der Waals surface area contributed by atoms with Crippen LogP contribution in [0.2, 0.25) is 0 Å². The summed E-state index contributed by atoms with van der Waals surface area (Å²) in [4.78, 5) is 34.8. The van der Waals surface area contributed by atoms with Gasteiger partial charge in [-0.05, 0) is 57.9 Å². The third kappa shape index (κ3) is 6.17. The summed E-state index contributed by atoms with van der Waals surface area (Å²) >= 11 is 0. The largest absolute Gasteiger partial charge is 0.444 e. The molecule has 2 aromatic heterocycles. The maximum absolute atomic E-state index is 12.4. The Balaban J connectivity index is 1.61. The van der Waals surface area contributed by atoms with Crippen molar-refractivity contribution in [2.24, 2.45) is 0 Å². The highest BCUT2D eigenvalue weighted by Crippen LogP contribution is 2.18. The number of nitrogens with zero attached hydrogens (tertiary/aromatic N) is 3. The molecule has 0 aromatic carbocycles. The number of nitrogens with one attached hydrogen (secondary N) is 2. The van der Waals surface area contributed by atoms with Gasteiger partial charge in [-0.15, -0.1) is 0 Å². The number of piperidine rings is 1. The Morgan fingerprint density at radius 2 is 1.93 bits per heavy atom. The summed E-state index contributed by atoms with van der Waals surface area (Å²) in [5.74, 6) is 0.308. The number of anilines is 2. The van der Waals surface area contributed by atoms with Crippen LogP contribution in [0.3, 0.4) is 0 Å². The maximum atomic E-state index is 12.4. The summed E-state index contributed by atoms with van der Waals surface area (Å²) < 4.78 is 5.47. The van der Waals surface area contributed by atoms with Crippen LogP contribution in [-0.2, 0) is 4.74 Å². The molecule has 0 saturated carbocycles. The van der Waals surface area contributed by atoms with Gasteiger partial charge in [-0.2, -0.15) is 0 Å². The van der Waals surface area contributed by atoms with Crippen molar-refractivity contribution in [3.63, 3.8) is 0 Å². The van der Waals surface area contributed by atoms with E-state index in [1.54, 1.807) is 41.6 Å². The third-order valence-electron chi connectivity index (χ3n) is 4.35. The zero-order valence-corrected chi connectivity index (χ0v) is 17.0. The van der Waals surface area contributed by atoms with Gasteiger partial charge in [0.25, 0.3) is 5.91 Å². The van der Waals surface area contributed by atoms with Gasteiger partial charge in [0.15, 0.2) is 0 Å². The monoisotopic (exact) mass is 397 g/mol. The predicted molar refractivity (Wildman–Crippen MR) is 111 cm³/mol. The van der Waals surface area contributed by atoms with Crippen molar-refractivity contribution in [1.82, 2.24) is 14.9 Å². The SMILES string of the molecule is CC(C)(C)OC(=O)N1CCCC(Nc2cccc(C(=O)Nc3ccncc3)n2)C1. The Morgan fingerprint density at radius 1 is 1.17 bits per heavy atom. The molecule has 2 amide bonds. The average Bonchev–Trinajstić information content (AvgIpc) is 2.68. The molecule has 8 nitrogen and oxygen atoms in total. The van der Waals surface area contributed by atoms with Crippen molar-refractivity contribution in [3.8, 4) is 0 Å². The lowest BCUT2D eigenvalue weighted by Crippen LogP contribution is -2.47. The summed E-state index contributed by atoms with van der Waals surface area (Å²) in [6.07, 6.45) is 4.71.